The summed E-state index contributed by atoms with van der Waals surface area (Å²) in [4.78, 5) is 25.8. The van der Waals surface area contributed by atoms with Crippen LogP contribution in [0.25, 0.3) is 0 Å². The fourth-order valence-electron chi connectivity index (χ4n) is 1.16. The van der Waals surface area contributed by atoms with Gasteiger partial charge in [-0.25, -0.2) is 9.78 Å². The number of aliphatic carboxylic acids is 1. The van der Waals surface area contributed by atoms with Gasteiger partial charge in [0.2, 0.25) is 5.91 Å². The number of amides is 1. The lowest BCUT2D eigenvalue weighted by molar-refractivity contribution is -0.140. The number of carbonyl (C=O) groups is 2. The minimum absolute atomic E-state index is 0.217. The van der Waals surface area contributed by atoms with E-state index in [2.05, 4.69) is 10.3 Å². The molecule has 0 saturated carbocycles. The van der Waals surface area contributed by atoms with Crippen molar-refractivity contribution in [3.8, 4) is 5.75 Å². The van der Waals surface area contributed by atoms with E-state index in [4.69, 9.17) is 9.84 Å². The van der Waals surface area contributed by atoms with Crippen molar-refractivity contribution in [1.82, 2.24) is 10.3 Å². The highest BCUT2D eigenvalue weighted by molar-refractivity contribution is 7.99. The number of carbonyl (C=O) groups excluding carboxylic acids is 1. The summed E-state index contributed by atoms with van der Waals surface area (Å²) in [7, 11) is 1.54. The second kappa shape index (κ2) is 6.85. The smallest absolute Gasteiger partial charge is 0.327 e. The van der Waals surface area contributed by atoms with Gasteiger partial charge in [-0.05, 0) is 12.1 Å². The van der Waals surface area contributed by atoms with Crippen molar-refractivity contribution in [2.45, 2.75) is 18.0 Å². The summed E-state index contributed by atoms with van der Waals surface area (Å²) in [6, 6.07) is 2.55. The van der Waals surface area contributed by atoms with E-state index in [1.807, 2.05) is 0 Å². The fourth-order valence-corrected chi connectivity index (χ4v) is 2.02. The lowest BCUT2D eigenvalue weighted by Crippen LogP contribution is -2.41. The third-order valence-corrected chi connectivity index (χ3v) is 3.06. The SMILES string of the molecule is COc1ccc(SC[C@H](NC(C)=O)C(=O)O)nc1. The lowest BCUT2D eigenvalue weighted by atomic mass is 10.3. The summed E-state index contributed by atoms with van der Waals surface area (Å²) < 4.78 is 4.96. The Morgan fingerprint density at radius 1 is 1.56 bits per heavy atom. The molecule has 1 atom stereocenters. The van der Waals surface area contributed by atoms with Crippen LogP contribution in [0.1, 0.15) is 6.92 Å². The molecule has 0 saturated heterocycles. The van der Waals surface area contributed by atoms with Gasteiger partial charge in [0.05, 0.1) is 18.3 Å². The third kappa shape index (κ3) is 4.62. The van der Waals surface area contributed by atoms with Gasteiger partial charge in [-0.3, -0.25) is 4.79 Å². The number of nitrogens with zero attached hydrogens (tertiary/aromatic N) is 1. The van der Waals surface area contributed by atoms with Gasteiger partial charge in [-0.15, -0.1) is 11.8 Å². The molecule has 7 heteroatoms. The average Bonchev–Trinajstić information content (AvgIpc) is 2.34. The molecule has 0 aliphatic rings. The molecule has 0 aliphatic heterocycles. The largest absolute Gasteiger partial charge is 0.495 e. The summed E-state index contributed by atoms with van der Waals surface area (Å²) in [6.45, 7) is 1.28. The van der Waals surface area contributed by atoms with E-state index in [9.17, 15) is 9.59 Å². The minimum atomic E-state index is -1.06. The number of rotatable bonds is 6. The predicted octanol–water partition coefficient (Wildman–Crippen LogP) is 0.772. The van der Waals surface area contributed by atoms with E-state index in [0.29, 0.717) is 10.8 Å². The normalized spacial score (nSPS) is 11.7. The van der Waals surface area contributed by atoms with E-state index in [0.717, 1.165) is 0 Å². The number of methoxy groups -OCH3 is 1. The van der Waals surface area contributed by atoms with Gasteiger partial charge < -0.3 is 15.2 Å². The molecule has 0 radical (unpaired) electrons. The highest BCUT2D eigenvalue weighted by Gasteiger charge is 2.18. The van der Waals surface area contributed by atoms with Crippen LogP contribution in [0.5, 0.6) is 5.75 Å². The third-order valence-electron chi connectivity index (χ3n) is 2.02. The summed E-state index contributed by atoms with van der Waals surface area (Å²) in [5.41, 5.74) is 0. The average molecular weight is 270 g/mol. The number of hydrogen-bond donors (Lipinski definition) is 2. The van der Waals surface area contributed by atoms with Crippen molar-refractivity contribution >= 4 is 23.6 Å². The molecule has 0 fully saturated rings. The Hall–Kier alpha value is -1.76. The summed E-state index contributed by atoms with van der Waals surface area (Å²) in [5.74, 6) is -0.582. The van der Waals surface area contributed by atoms with E-state index in [1.165, 1.54) is 18.7 Å². The molecule has 18 heavy (non-hydrogen) atoms. The zero-order chi connectivity index (χ0) is 13.5. The van der Waals surface area contributed by atoms with E-state index in [-0.39, 0.29) is 11.7 Å². The standard InChI is InChI=1S/C11H14N2O4S/c1-7(14)13-9(11(15)16)6-18-10-4-3-8(17-2)5-12-10/h3-5,9H,6H2,1-2H3,(H,13,14)(H,15,16)/t9-/m0/s1. The number of thioether (sulfide) groups is 1. The quantitative estimate of drug-likeness (QED) is 0.742. The summed E-state index contributed by atoms with van der Waals surface area (Å²) in [6.07, 6.45) is 1.55. The first-order chi connectivity index (χ1) is 8.52. The van der Waals surface area contributed by atoms with Crippen LogP contribution < -0.4 is 10.1 Å². The molecule has 1 aromatic rings. The van der Waals surface area contributed by atoms with Crippen molar-refractivity contribution in [2.75, 3.05) is 12.9 Å². The van der Waals surface area contributed by atoms with Crippen molar-refractivity contribution in [2.24, 2.45) is 0 Å². The van der Waals surface area contributed by atoms with Gasteiger partial charge in [-0.2, -0.15) is 0 Å². The van der Waals surface area contributed by atoms with Crippen LogP contribution in [0.3, 0.4) is 0 Å². The molecule has 0 unspecified atom stereocenters. The maximum absolute atomic E-state index is 10.9. The Balaban J connectivity index is 2.55. The van der Waals surface area contributed by atoms with Crippen LogP contribution in [0, 0.1) is 0 Å². The van der Waals surface area contributed by atoms with Gasteiger partial charge in [0.15, 0.2) is 0 Å². The molecule has 1 rings (SSSR count). The van der Waals surface area contributed by atoms with Gasteiger partial charge in [0.1, 0.15) is 11.8 Å². The second-order valence-electron chi connectivity index (χ2n) is 3.44. The highest BCUT2D eigenvalue weighted by atomic mass is 32.2. The van der Waals surface area contributed by atoms with Crippen molar-refractivity contribution in [3.05, 3.63) is 18.3 Å². The zero-order valence-electron chi connectivity index (χ0n) is 10.0. The van der Waals surface area contributed by atoms with Crippen molar-refractivity contribution in [1.29, 1.82) is 0 Å². The van der Waals surface area contributed by atoms with Gasteiger partial charge in [0, 0.05) is 12.7 Å². The Morgan fingerprint density at radius 3 is 2.72 bits per heavy atom. The minimum Gasteiger partial charge on any atom is -0.495 e. The van der Waals surface area contributed by atoms with E-state index >= 15 is 0 Å². The number of nitrogens with one attached hydrogen (secondary N) is 1. The number of aromatic nitrogens is 1. The van der Waals surface area contributed by atoms with Gasteiger partial charge in [0.25, 0.3) is 0 Å². The fraction of sp³-hybridized carbons (Fsp3) is 0.364. The first-order valence-corrected chi connectivity index (χ1v) is 6.14. The van der Waals surface area contributed by atoms with Gasteiger partial charge in [-0.1, -0.05) is 0 Å². The summed E-state index contributed by atoms with van der Waals surface area (Å²) >= 11 is 1.26. The van der Waals surface area contributed by atoms with Crippen molar-refractivity contribution in [3.63, 3.8) is 0 Å². The second-order valence-corrected chi connectivity index (χ2v) is 4.48. The van der Waals surface area contributed by atoms with Crippen LogP contribution in [-0.4, -0.2) is 40.9 Å². The molecule has 2 N–H and O–H groups in total. The Bertz CT molecular complexity index is 422. The molecule has 1 aromatic heterocycles. The predicted molar refractivity (Wildman–Crippen MR) is 66.8 cm³/mol. The van der Waals surface area contributed by atoms with Crippen molar-refractivity contribution < 1.29 is 19.4 Å². The molecule has 0 spiro atoms. The molecule has 0 aromatic carbocycles. The Labute approximate surface area is 109 Å². The number of ether oxygens (including phenoxy) is 1. The van der Waals surface area contributed by atoms with Crippen LogP contribution in [0.15, 0.2) is 23.4 Å². The van der Waals surface area contributed by atoms with Crippen LogP contribution in [-0.2, 0) is 9.59 Å². The Morgan fingerprint density at radius 2 is 2.28 bits per heavy atom. The topological polar surface area (TPSA) is 88.5 Å². The van der Waals surface area contributed by atoms with Crippen LogP contribution in [0.4, 0.5) is 0 Å². The number of carboxylic acid groups (broad SMARTS) is 1. The first-order valence-electron chi connectivity index (χ1n) is 5.15. The zero-order valence-corrected chi connectivity index (χ0v) is 10.9. The highest BCUT2D eigenvalue weighted by Crippen LogP contribution is 2.18. The number of hydrogen-bond acceptors (Lipinski definition) is 5. The van der Waals surface area contributed by atoms with E-state index < -0.39 is 12.0 Å². The van der Waals surface area contributed by atoms with Gasteiger partial charge >= 0.3 is 5.97 Å². The maximum atomic E-state index is 10.9. The maximum Gasteiger partial charge on any atom is 0.327 e. The molecular formula is C11H14N2O4S. The lowest BCUT2D eigenvalue weighted by Gasteiger charge is -2.12. The molecule has 98 valence electrons. The molecule has 0 aliphatic carbocycles. The monoisotopic (exact) mass is 270 g/mol. The van der Waals surface area contributed by atoms with Crippen LogP contribution >= 0.6 is 11.8 Å². The molecule has 0 bridgehead atoms. The van der Waals surface area contributed by atoms with E-state index in [1.54, 1.807) is 25.4 Å². The molecule has 1 heterocycles. The van der Waals surface area contributed by atoms with Crippen LogP contribution in [0.2, 0.25) is 0 Å². The molecule has 1 amide bonds. The molecular weight excluding hydrogens is 256 g/mol. The first kappa shape index (κ1) is 14.3. The Kier molecular flexibility index (Phi) is 5.44. The number of pyridine rings is 1. The number of carboxylic acids is 1. The summed E-state index contributed by atoms with van der Waals surface area (Å²) in [5, 5.41) is 11.9. The molecule has 6 nitrogen and oxygen atoms in total.